The fraction of sp³-hybridized carbons (Fsp3) is 0.214. The highest BCUT2D eigenvalue weighted by Gasteiger charge is 2.07. The number of rotatable bonds is 5. The Labute approximate surface area is 121 Å². The Morgan fingerprint density at radius 3 is 2.70 bits per heavy atom. The topological polar surface area (TPSA) is 71.1 Å². The number of anilines is 1. The third-order valence-corrected chi connectivity index (χ3v) is 3.33. The van der Waals surface area contributed by atoms with Gasteiger partial charge in [0.2, 0.25) is 11.8 Å². The van der Waals surface area contributed by atoms with Gasteiger partial charge < -0.3 is 10.6 Å². The molecule has 0 bridgehead atoms. The first-order valence-electron chi connectivity index (χ1n) is 6.16. The van der Waals surface area contributed by atoms with E-state index in [-0.39, 0.29) is 18.4 Å². The molecule has 0 aliphatic carbocycles. The molecule has 5 nitrogen and oxygen atoms in total. The molecule has 0 unspecified atom stereocenters. The maximum absolute atomic E-state index is 11.5. The highest BCUT2D eigenvalue weighted by atomic mass is 32.1. The number of carbonyl (C=O) groups excluding carboxylic acids is 2. The standard InChI is InChI=1S/C14H15N3O2S/c1-10(18)15-8-13(19)17-14-16-12(9-20-14)7-11-5-3-2-4-6-11/h2-6,9H,7-8H2,1H3,(H,15,18)(H,16,17,19). The molecule has 1 heterocycles. The van der Waals surface area contributed by atoms with Crippen molar-refractivity contribution in [3.05, 3.63) is 47.0 Å². The Balaban J connectivity index is 1.89. The Hall–Kier alpha value is -2.21. The van der Waals surface area contributed by atoms with Gasteiger partial charge in [0.25, 0.3) is 0 Å². The molecule has 1 aromatic carbocycles. The third kappa shape index (κ3) is 4.47. The zero-order valence-corrected chi connectivity index (χ0v) is 11.9. The molecule has 0 radical (unpaired) electrons. The van der Waals surface area contributed by atoms with Crippen molar-refractivity contribution in [2.75, 3.05) is 11.9 Å². The quantitative estimate of drug-likeness (QED) is 0.882. The SMILES string of the molecule is CC(=O)NCC(=O)Nc1nc(Cc2ccccc2)cs1. The molecule has 0 spiro atoms. The van der Waals surface area contributed by atoms with Gasteiger partial charge in [-0.1, -0.05) is 30.3 Å². The zero-order valence-electron chi connectivity index (χ0n) is 11.1. The molecule has 0 aliphatic heterocycles. The molecule has 6 heteroatoms. The van der Waals surface area contributed by atoms with E-state index in [4.69, 9.17) is 0 Å². The van der Waals surface area contributed by atoms with Crippen LogP contribution in [0.15, 0.2) is 35.7 Å². The molecule has 2 rings (SSSR count). The maximum Gasteiger partial charge on any atom is 0.245 e. The first-order valence-corrected chi connectivity index (χ1v) is 7.04. The first-order chi connectivity index (χ1) is 9.63. The van der Waals surface area contributed by atoms with Gasteiger partial charge in [-0.05, 0) is 5.56 Å². The van der Waals surface area contributed by atoms with Crippen LogP contribution in [0.5, 0.6) is 0 Å². The second-order valence-electron chi connectivity index (χ2n) is 4.26. The molecule has 0 aliphatic rings. The van der Waals surface area contributed by atoms with Crippen molar-refractivity contribution in [3.8, 4) is 0 Å². The number of carbonyl (C=O) groups is 2. The molecule has 1 aromatic heterocycles. The van der Waals surface area contributed by atoms with Gasteiger partial charge in [0.1, 0.15) is 0 Å². The Morgan fingerprint density at radius 2 is 2.00 bits per heavy atom. The Morgan fingerprint density at radius 1 is 1.25 bits per heavy atom. The molecular formula is C14H15N3O2S. The number of benzene rings is 1. The van der Waals surface area contributed by atoms with Crippen LogP contribution in [-0.2, 0) is 16.0 Å². The van der Waals surface area contributed by atoms with Crippen LogP contribution in [0.3, 0.4) is 0 Å². The molecule has 0 saturated carbocycles. The summed E-state index contributed by atoms with van der Waals surface area (Å²) >= 11 is 1.38. The van der Waals surface area contributed by atoms with Crippen LogP contribution in [0.2, 0.25) is 0 Å². The minimum absolute atomic E-state index is 0.0388. The molecule has 20 heavy (non-hydrogen) atoms. The second kappa shape index (κ2) is 6.81. The van der Waals surface area contributed by atoms with Gasteiger partial charge in [-0.2, -0.15) is 0 Å². The predicted molar refractivity (Wildman–Crippen MR) is 78.7 cm³/mol. The van der Waals surface area contributed by atoms with E-state index in [1.54, 1.807) is 0 Å². The van der Waals surface area contributed by atoms with Crippen LogP contribution >= 0.6 is 11.3 Å². The van der Waals surface area contributed by atoms with Crippen LogP contribution in [0.1, 0.15) is 18.2 Å². The summed E-state index contributed by atoms with van der Waals surface area (Å²) in [5, 5.41) is 7.56. The number of thiazole rings is 1. The summed E-state index contributed by atoms with van der Waals surface area (Å²) in [7, 11) is 0. The fourth-order valence-electron chi connectivity index (χ4n) is 1.62. The highest BCUT2D eigenvalue weighted by molar-refractivity contribution is 7.13. The van der Waals surface area contributed by atoms with Crippen LogP contribution < -0.4 is 10.6 Å². The predicted octanol–water partition coefficient (Wildman–Crippen LogP) is 1.81. The highest BCUT2D eigenvalue weighted by Crippen LogP contribution is 2.17. The average Bonchev–Trinajstić information content (AvgIpc) is 2.85. The van der Waals surface area contributed by atoms with Gasteiger partial charge in [-0.25, -0.2) is 4.98 Å². The van der Waals surface area contributed by atoms with Crippen LogP contribution in [0.4, 0.5) is 5.13 Å². The Kier molecular flexibility index (Phi) is 4.84. The summed E-state index contributed by atoms with van der Waals surface area (Å²) in [5.74, 6) is -0.509. The lowest BCUT2D eigenvalue weighted by Crippen LogP contribution is -2.31. The number of nitrogens with zero attached hydrogens (tertiary/aromatic N) is 1. The molecule has 104 valence electrons. The van der Waals surface area contributed by atoms with Crippen molar-refractivity contribution in [1.82, 2.24) is 10.3 Å². The van der Waals surface area contributed by atoms with Gasteiger partial charge >= 0.3 is 0 Å². The maximum atomic E-state index is 11.5. The van der Waals surface area contributed by atoms with Crippen molar-refractivity contribution in [1.29, 1.82) is 0 Å². The fourth-order valence-corrected chi connectivity index (χ4v) is 2.35. The van der Waals surface area contributed by atoms with E-state index >= 15 is 0 Å². The van der Waals surface area contributed by atoms with Gasteiger partial charge in [0.05, 0.1) is 12.2 Å². The van der Waals surface area contributed by atoms with Crippen LogP contribution in [0.25, 0.3) is 0 Å². The first kappa shape index (κ1) is 14.2. The number of hydrogen-bond donors (Lipinski definition) is 2. The number of hydrogen-bond acceptors (Lipinski definition) is 4. The van der Waals surface area contributed by atoms with Crippen molar-refractivity contribution in [3.63, 3.8) is 0 Å². The van der Waals surface area contributed by atoms with E-state index in [0.29, 0.717) is 5.13 Å². The summed E-state index contributed by atoms with van der Waals surface area (Å²) in [6.07, 6.45) is 0.735. The number of amides is 2. The Bertz CT molecular complexity index is 595. The molecule has 0 saturated heterocycles. The molecular weight excluding hydrogens is 274 g/mol. The van der Waals surface area contributed by atoms with E-state index in [1.165, 1.54) is 23.8 Å². The molecule has 2 amide bonds. The van der Waals surface area contributed by atoms with E-state index in [9.17, 15) is 9.59 Å². The summed E-state index contributed by atoms with van der Waals surface area (Å²) < 4.78 is 0. The van der Waals surface area contributed by atoms with Gasteiger partial charge in [0, 0.05) is 18.7 Å². The third-order valence-electron chi connectivity index (χ3n) is 2.52. The lowest BCUT2D eigenvalue weighted by Gasteiger charge is -2.01. The van der Waals surface area contributed by atoms with Crippen LogP contribution in [-0.4, -0.2) is 23.3 Å². The molecule has 2 aromatic rings. The van der Waals surface area contributed by atoms with Gasteiger partial charge in [-0.15, -0.1) is 11.3 Å². The summed E-state index contributed by atoms with van der Waals surface area (Å²) in [6, 6.07) is 10.0. The zero-order chi connectivity index (χ0) is 14.4. The van der Waals surface area contributed by atoms with Crippen molar-refractivity contribution >= 4 is 28.3 Å². The molecule has 0 fully saturated rings. The normalized spacial score (nSPS) is 10.1. The monoisotopic (exact) mass is 289 g/mol. The minimum atomic E-state index is -0.277. The van der Waals surface area contributed by atoms with E-state index in [2.05, 4.69) is 15.6 Å². The van der Waals surface area contributed by atoms with E-state index < -0.39 is 0 Å². The van der Waals surface area contributed by atoms with Gasteiger partial charge in [-0.3, -0.25) is 9.59 Å². The lowest BCUT2D eigenvalue weighted by molar-refractivity contribution is -0.122. The molecule has 0 atom stereocenters. The van der Waals surface area contributed by atoms with E-state index in [1.807, 2.05) is 35.7 Å². The number of nitrogens with one attached hydrogen (secondary N) is 2. The number of aromatic nitrogens is 1. The summed E-state index contributed by atoms with van der Waals surface area (Å²) in [6.45, 7) is 1.33. The van der Waals surface area contributed by atoms with Crippen LogP contribution in [0, 0.1) is 0 Å². The lowest BCUT2D eigenvalue weighted by atomic mass is 10.1. The summed E-state index contributed by atoms with van der Waals surface area (Å²) in [4.78, 5) is 26.6. The minimum Gasteiger partial charge on any atom is -0.347 e. The largest absolute Gasteiger partial charge is 0.347 e. The van der Waals surface area contributed by atoms with Gasteiger partial charge in [0.15, 0.2) is 5.13 Å². The van der Waals surface area contributed by atoms with E-state index in [0.717, 1.165) is 12.1 Å². The second-order valence-corrected chi connectivity index (χ2v) is 5.12. The molecule has 2 N–H and O–H groups in total. The van der Waals surface area contributed by atoms with Crippen molar-refractivity contribution < 1.29 is 9.59 Å². The van der Waals surface area contributed by atoms with Crippen molar-refractivity contribution in [2.45, 2.75) is 13.3 Å². The van der Waals surface area contributed by atoms with Crippen molar-refractivity contribution in [2.24, 2.45) is 0 Å². The smallest absolute Gasteiger partial charge is 0.245 e. The average molecular weight is 289 g/mol. The summed E-state index contributed by atoms with van der Waals surface area (Å²) in [5.41, 5.74) is 2.09.